The van der Waals surface area contributed by atoms with Crippen LogP contribution in [0.25, 0.3) is 0 Å². The molecule has 3 atom stereocenters. The fourth-order valence-corrected chi connectivity index (χ4v) is 5.31. The fraction of sp³-hybridized carbons (Fsp3) is 0.233. The first-order chi connectivity index (χ1) is 18.0. The van der Waals surface area contributed by atoms with Crippen molar-refractivity contribution >= 4 is 29.3 Å². The molecule has 188 valence electrons. The van der Waals surface area contributed by atoms with Crippen molar-refractivity contribution in [3.05, 3.63) is 109 Å². The van der Waals surface area contributed by atoms with Crippen LogP contribution in [0.5, 0.6) is 0 Å². The molecule has 0 unspecified atom stereocenters. The first-order valence-electron chi connectivity index (χ1n) is 12.2. The lowest BCUT2D eigenvalue weighted by Crippen LogP contribution is -2.66. The predicted molar refractivity (Wildman–Crippen MR) is 139 cm³/mol. The first-order valence-corrected chi connectivity index (χ1v) is 12.2. The molecule has 7 nitrogen and oxygen atoms in total. The summed E-state index contributed by atoms with van der Waals surface area (Å²) in [7, 11) is 1.27. The van der Waals surface area contributed by atoms with Gasteiger partial charge in [-0.3, -0.25) is 19.4 Å². The van der Waals surface area contributed by atoms with Gasteiger partial charge in [0, 0.05) is 17.9 Å². The van der Waals surface area contributed by atoms with Crippen molar-refractivity contribution in [2.24, 2.45) is 11.3 Å². The SMILES string of the molecule is COC(=O)[C@]1(C(=O)N(c2ccccc2)c2ccccc2)C[C@@H]2C=C[C@H]1N(C(=O)OCc1ccccc1)C2. The Morgan fingerprint density at radius 1 is 0.865 bits per heavy atom. The van der Waals surface area contributed by atoms with Crippen LogP contribution in [0, 0.1) is 11.3 Å². The van der Waals surface area contributed by atoms with Gasteiger partial charge in [-0.2, -0.15) is 0 Å². The number of carbonyl (C=O) groups is 3. The molecule has 37 heavy (non-hydrogen) atoms. The molecule has 0 radical (unpaired) electrons. The van der Waals surface area contributed by atoms with Gasteiger partial charge < -0.3 is 9.47 Å². The van der Waals surface area contributed by atoms with Crippen molar-refractivity contribution in [2.75, 3.05) is 18.6 Å². The first kappa shape index (κ1) is 24.3. The molecule has 3 aromatic carbocycles. The molecule has 1 aliphatic carbocycles. The summed E-state index contributed by atoms with van der Waals surface area (Å²) in [5, 5.41) is 0. The van der Waals surface area contributed by atoms with Crippen LogP contribution in [0.1, 0.15) is 12.0 Å². The van der Waals surface area contributed by atoms with Gasteiger partial charge in [0.1, 0.15) is 6.61 Å². The van der Waals surface area contributed by atoms with Crippen molar-refractivity contribution in [3.63, 3.8) is 0 Å². The molecule has 2 aliphatic heterocycles. The number of methoxy groups -OCH3 is 1. The molecule has 1 fully saturated rings. The number of anilines is 2. The van der Waals surface area contributed by atoms with Gasteiger partial charge in [0.2, 0.25) is 0 Å². The van der Waals surface area contributed by atoms with Crippen molar-refractivity contribution < 1.29 is 23.9 Å². The third-order valence-corrected chi connectivity index (χ3v) is 7.02. The molecule has 2 bridgehead atoms. The number of amides is 2. The molecule has 7 heteroatoms. The smallest absolute Gasteiger partial charge is 0.410 e. The Balaban J connectivity index is 1.53. The van der Waals surface area contributed by atoms with Crippen LogP contribution in [0.15, 0.2) is 103 Å². The summed E-state index contributed by atoms with van der Waals surface area (Å²) >= 11 is 0. The zero-order chi connectivity index (χ0) is 25.8. The monoisotopic (exact) mass is 496 g/mol. The van der Waals surface area contributed by atoms with Gasteiger partial charge in [0.15, 0.2) is 5.41 Å². The van der Waals surface area contributed by atoms with E-state index in [1.54, 1.807) is 11.0 Å². The Bertz CT molecular complexity index is 1260. The summed E-state index contributed by atoms with van der Waals surface area (Å²) in [6.45, 7) is 0.452. The quantitative estimate of drug-likeness (QED) is 0.269. The van der Waals surface area contributed by atoms with Crippen molar-refractivity contribution in [1.29, 1.82) is 0 Å². The second-order valence-electron chi connectivity index (χ2n) is 9.26. The number of piperidine rings is 1. The summed E-state index contributed by atoms with van der Waals surface area (Å²) in [4.78, 5) is 44.4. The number of carbonyl (C=O) groups excluding carboxylic acids is 3. The van der Waals surface area contributed by atoms with E-state index >= 15 is 0 Å². The fourth-order valence-electron chi connectivity index (χ4n) is 5.31. The predicted octanol–water partition coefficient (Wildman–Crippen LogP) is 5.11. The largest absolute Gasteiger partial charge is 0.468 e. The topological polar surface area (TPSA) is 76.2 Å². The van der Waals surface area contributed by atoms with Gasteiger partial charge in [-0.15, -0.1) is 0 Å². The van der Waals surface area contributed by atoms with Crippen molar-refractivity contribution in [2.45, 2.75) is 19.1 Å². The molecule has 0 aromatic heterocycles. The highest BCUT2D eigenvalue weighted by Crippen LogP contribution is 2.48. The van der Waals surface area contributed by atoms with E-state index in [0.29, 0.717) is 17.9 Å². The lowest BCUT2D eigenvalue weighted by atomic mass is 9.64. The molecule has 3 aromatic rings. The van der Waals surface area contributed by atoms with Crippen LogP contribution in [-0.4, -0.2) is 42.6 Å². The van der Waals surface area contributed by atoms with Gasteiger partial charge in [-0.05, 0) is 42.2 Å². The molecular weight excluding hydrogens is 468 g/mol. The lowest BCUT2D eigenvalue weighted by Gasteiger charge is -2.51. The second kappa shape index (κ2) is 10.3. The van der Waals surface area contributed by atoms with Crippen molar-refractivity contribution in [3.8, 4) is 0 Å². The normalized spacial score (nSPS) is 21.8. The lowest BCUT2D eigenvalue weighted by molar-refractivity contribution is -0.166. The van der Waals surface area contributed by atoms with Crippen LogP contribution in [0.2, 0.25) is 0 Å². The number of fused-ring (bicyclic) bond motifs is 2. The minimum atomic E-state index is -1.64. The maximum Gasteiger partial charge on any atom is 0.410 e. The molecule has 6 rings (SSSR count). The van der Waals surface area contributed by atoms with Crippen LogP contribution in [0.3, 0.4) is 0 Å². The summed E-state index contributed by atoms with van der Waals surface area (Å²) in [5.41, 5.74) is 0.448. The number of esters is 1. The third kappa shape index (κ3) is 4.48. The van der Waals surface area contributed by atoms with E-state index in [-0.39, 0.29) is 18.9 Å². The van der Waals surface area contributed by atoms with E-state index in [0.717, 1.165) is 5.56 Å². The van der Waals surface area contributed by atoms with Gasteiger partial charge in [0.25, 0.3) is 5.91 Å². The molecule has 2 amide bonds. The summed E-state index contributed by atoms with van der Waals surface area (Å²) in [5.74, 6) is -1.32. The van der Waals surface area contributed by atoms with E-state index in [1.807, 2.05) is 97.1 Å². The zero-order valence-electron chi connectivity index (χ0n) is 20.5. The summed E-state index contributed by atoms with van der Waals surface area (Å²) in [6, 6.07) is 26.9. The summed E-state index contributed by atoms with van der Waals surface area (Å²) < 4.78 is 10.9. The Labute approximate surface area is 215 Å². The maximum absolute atomic E-state index is 14.6. The number of para-hydroxylation sites is 2. The average molecular weight is 497 g/mol. The molecule has 1 saturated heterocycles. The highest BCUT2D eigenvalue weighted by molar-refractivity contribution is 6.15. The number of benzene rings is 3. The van der Waals surface area contributed by atoms with E-state index in [4.69, 9.17) is 9.47 Å². The van der Waals surface area contributed by atoms with Gasteiger partial charge in [-0.25, -0.2) is 4.79 Å². The summed E-state index contributed by atoms with van der Waals surface area (Å²) in [6.07, 6.45) is 3.40. The molecule has 3 aliphatic rings. The molecular formula is C30H28N2O5. The Morgan fingerprint density at radius 2 is 1.43 bits per heavy atom. The van der Waals surface area contributed by atoms with Crippen LogP contribution >= 0.6 is 0 Å². The van der Waals surface area contributed by atoms with Crippen molar-refractivity contribution in [1.82, 2.24) is 4.90 Å². The Kier molecular flexibility index (Phi) is 6.77. The maximum atomic E-state index is 14.6. The minimum absolute atomic E-state index is 0.0938. The average Bonchev–Trinajstić information content (AvgIpc) is 2.97. The molecule has 0 spiro atoms. The van der Waals surface area contributed by atoms with E-state index in [2.05, 4.69) is 0 Å². The van der Waals surface area contributed by atoms with Gasteiger partial charge >= 0.3 is 12.1 Å². The third-order valence-electron chi connectivity index (χ3n) is 7.02. The number of nitrogens with zero attached hydrogens (tertiary/aromatic N) is 2. The number of ether oxygens (including phenoxy) is 2. The van der Waals surface area contributed by atoms with E-state index in [9.17, 15) is 14.4 Å². The van der Waals surface area contributed by atoms with E-state index < -0.39 is 29.4 Å². The van der Waals surface area contributed by atoms with Gasteiger partial charge in [-0.1, -0.05) is 78.9 Å². The Morgan fingerprint density at radius 3 is 1.97 bits per heavy atom. The highest BCUT2D eigenvalue weighted by Gasteiger charge is 2.62. The molecule has 0 saturated carbocycles. The Hall–Kier alpha value is -4.39. The second-order valence-corrected chi connectivity index (χ2v) is 9.26. The zero-order valence-corrected chi connectivity index (χ0v) is 20.5. The number of rotatable bonds is 6. The number of hydrogen-bond acceptors (Lipinski definition) is 5. The van der Waals surface area contributed by atoms with Crippen LogP contribution < -0.4 is 4.90 Å². The highest BCUT2D eigenvalue weighted by atomic mass is 16.6. The standard InChI is InChI=1S/C30H28N2O5/c1-36-28(34)30(27(33)32(24-13-7-3-8-14-24)25-15-9-4-10-16-25)19-23-17-18-26(30)31(20-23)29(35)37-21-22-11-5-2-6-12-22/h2-18,23,26H,19-21H2,1H3/t23-,26+,30+/m0/s1. The minimum Gasteiger partial charge on any atom is -0.468 e. The van der Waals surface area contributed by atoms with Crippen LogP contribution in [0.4, 0.5) is 16.2 Å². The van der Waals surface area contributed by atoms with Gasteiger partial charge in [0.05, 0.1) is 13.2 Å². The molecule has 0 N–H and O–H groups in total. The van der Waals surface area contributed by atoms with Crippen LogP contribution in [-0.2, 0) is 25.7 Å². The number of hydrogen-bond donors (Lipinski definition) is 0. The molecule has 2 heterocycles. The van der Waals surface area contributed by atoms with E-state index in [1.165, 1.54) is 12.0 Å².